The zero-order valence-corrected chi connectivity index (χ0v) is 12.6. The van der Waals surface area contributed by atoms with E-state index in [-0.39, 0.29) is 6.04 Å². The number of hydrogen-bond donors (Lipinski definition) is 1. The molecule has 2 aliphatic rings. The fourth-order valence-corrected chi connectivity index (χ4v) is 5.14. The Labute approximate surface area is 119 Å². The van der Waals surface area contributed by atoms with E-state index in [4.69, 9.17) is 0 Å². The Morgan fingerprint density at radius 1 is 1.16 bits per heavy atom. The third-order valence-electron chi connectivity index (χ3n) is 4.41. The first-order valence-corrected chi connectivity index (χ1v) is 9.45. The first-order valence-electron chi connectivity index (χ1n) is 6.75. The fourth-order valence-electron chi connectivity index (χ4n) is 3.41. The number of benzene rings is 1. The summed E-state index contributed by atoms with van der Waals surface area (Å²) in [7, 11) is -3.35. The molecule has 0 aromatic heterocycles. The van der Waals surface area contributed by atoms with Gasteiger partial charge in [0.25, 0.3) is 0 Å². The first-order chi connectivity index (χ1) is 9.08. The number of fused-ring (bicyclic) bond motifs is 2. The van der Waals surface area contributed by atoms with E-state index in [2.05, 4.69) is 4.72 Å². The number of rotatable bonds is 4. The van der Waals surface area contributed by atoms with E-state index in [1.54, 1.807) is 23.9 Å². The van der Waals surface area contributed by atoms with Gasteiger partial charge in [-0.3, -0.25) is 0 Å². The molecule has 5 heteroatoms. The molecular formula is C14H19NO2S2. The van der Waals surface area contributed by atoms with Crippen molar-refractivity contribution in [2.45, 2.75) is 41.5 Å². The van der Waals surface area contributed by atoms with Crippen molar-refractivity contribution in [3.63, 3.8) is 0 Å². The molecule has 2 saturated carbocycles. The van der Waals surface area contributed by atoms with E-state index >= 15 is 0 Å². The molecule has 0 aliphatic heterocycles. The number of hydrogen-bond acceptors (Lipinski definition) is 3. The van der Waals surface area contributed by atoms with Crippen LogP contribution in [-0.4, -0.2) is 20.7 Å². The van der Waals surface area contributed by atoms with Crippen molar-refractivity contribution in [1.82, 2.24) is 4.72 Å². The maximum atomic E-state index is 12.3. The highest BCUT2D eigenvalue weighted by Crippen LogP contribution is 2.44. The minimum Gasteiger partial charge on any atom is -0.208 e. The summed E-state index contributed by atoms with van der Waals surface area (Å²) in [5.74, 6) is 1.31. The minimum absolute atomic E-state index is 0.156. The molecule has 19 heavy (non-hydrogen) atoms. The van der Waals surface area contributed by atoms with Crippen molar-refractivity contribution < 1.29 is 8.42 Å². The molecule has 0 unspecified atom stereocenters. The Kier molecular flexibility index (Phi) is 3.62. The summed E-state index contributed by atoms with van der Waals surface area (Å²) in [6.45, 7) is 0. The van der Waals surface area contributed by atoms with Crippen LogP contribution in [0.15, 0.2) is 34.1 Å². The Morgan fingerprint density at radius 3 is 2.42 bits per heavy atom. The van der Waals surface area contributed by atoms with E-state index in [9.17, 15) is 8.42 Å². The topological polar surface area (TPSA) is 46.2 Å². The summed E-state index contributed by atoms with van der Waals surface area (Å²) in [6, 6.07) is 7.27. The monoisotopic (exact) mass is 297 g/mol. The number of nitrogens with one attached hydrogen (secondary N) is 1. The molecular weight excluding hydrogens is 278 g/mol. The fraction of sp³-hybridized carbons (Fsp3) is 0.571. The van der Waals surface area contributed by atoms with Crippen LogP contribution in [0.1, 0.15) is 25.7 Å². The second-order valence-corrected chi connectivity index (χ2v) is 8.17. The highest BCUT2D eigenvalue weighted by Gasteiger charge is 2.41. The van der Waals surface area contributed by atoms with E-state index < -0.39 is 10.0 Å². The summed E-state index contributed by atoms with van der Waals surface area (Å²) in [6.07, 6.45) is 6.68. The largest absolute Gasteiger partial charge is 0.240 e. The average molecular weight is 297 g/mol. The molecule has 3 nitrogen and oxygen atoms in total. The van der Waals surface area contributed by atoms with Gasteiger partial charge in [0.2, 0.25) is 10.0 Å². The lowest BCUT2D eigenvalue weighted by atomic mass is 9.96. The van der Waals surface area contributed by atoms with Gasteiger partial charge in [0, 0.05) is 10.9 Å². The molecule has 3 atom stereocenters. The van der Waals surface area contributed by atoms with Crippen molar-refractivity contribution in [2.24, 2.45) is 11.8 Å². The molecule has 2 fully saturated rings. The normalized spacial score (nSPS) is 29.8. The van der Waals surface area contributed by atoms with Gasteiger partial charge in [-0.15, -0.1) is 11.8 Å². The van der Waals surface area contributed by atoms with Crippen molar-refractivity contribution in [3.8, 4) is 0 Å². The molecule has 1 aromatic carbocycles. The second kappa shape index (κ2) is 5.11. The van der Waals surface area contributed by atoms with Crippen LogP contribution in [0.4, 0.5) is 0 Å². The van der Waals surface area contributed by atoms with Crippen molar-refractivity contribution in [3.05, 3.63) is 24.3 Å². The molecule has 2 bridgehead atoms. The smallest absolute Gasteiger partial charge is 0.208 e. The first kappa shape index (κ1) is 13.5. The molecule has 0 radical (unpaired) electrons. The van der Waals surface area contributed by atoms with Gasteiger partial charge in [-0.25, -0.2) is 13.1 Å². The van der Waals surface area contributed by atoms with Crippen LogP contribution in [0.25, 0.3) is 0 Å². The Bertz CT molecular complexity index is 553. The molecule has 0 heterocycles. The van der Waals surface area contributed by atoms with Crippen molar-refractivity contribution in [2.75, 3.05) is 6.26 Å². The Morgan fingerprint density at radius 2 is 1.89 bits per heavy atom. The molecule has 2 aliphatic carbocycles. The van der Waals surface area contributed by atoms with Crippen LogP contribution >= 0.6 is 11.8 Å². The summed E-state index contributed by atoms with van der Waals surface area (Å²) in [5.41, 5.74) is 0. The van der Waals surface area contributed by atoms with Gasteiger partial charge >= 0.3 is 0 Å². The van der Waals surface area contributed by atoms with E-state index in [0.717, 1.165) is 17.2 Å². The Hall–Kier alpha value is -0.520. The zero-order valence-electron chi connectivity index (χ0n) is 11.0. The van der Waals surface area contributed by atoms with Gasteiger partial charge in [0.05, 0.1) is 4.90 Å². The summed E-state index contributed by atoms with van der Waals surface area (Å²) in [5, 5.41) is 0. The second-order valence-electron chi connectivity index (χ2n) is 5.58. The standard InChI is InChI=1S/C14H19NO2S2/c1-18-12-4-6-13(7-5-12)19(16,17)15-14-9-10-2-3-11(14)8-10/h4-7,10-11,14-15H,2-3,8-9H2,1H3/t10-,11-,14-/m1/s1. The summed E-state index contributed by atoms with van der Waals surface area (Å²) in [4.78, 5) is 1.46. The van der Waals surface area contributed by atoms with Gasteiger partial charge in [-0.05, 0) is 61.6 Å². The minimum atomic E-state index is -3.35. The van der Waals surface area contributed by atoms with Crippen LogP contribution in [0.3, 0.4) is 0 Å². The van der Waals surface area contributed by atoms with E-state index in [0.29, 0.717) is 10.8 Å². The third-order valence-corrected chi connectivity index (χ3v) is 6.66. The molecule has 0 amide bonds. The van der Waals surface area contributed by atoms with Crippen molar-refractivity contribution in [1.29, 1.82) is 0 Å². The lowest BCUT2D eigenvalue weighted by Gasteiger charge is -2.22. The van der Waals surface area contributed by atoms with Gasteiger partial charge < -0.3 is 0 Å². The van der Waals surface area contributed by atoms with Crippen LogP contribution < -0.4 is 4.72 Å². The van der Waals surface area contributed by atoms with Gasteiger partial charge in [0.15, 0.2) is 0 Å². The van der Waals surface area contributed by atoms with Gasteiger partial charge in [-0.2, -0.15) is 0 Å². The molecule has 0 saturated heterocycles. The van der Waals surface area contributed by atoms with Gasteiger partial charge in [0.1, 0.15) is 0 Å². The van der Waals surface area contributed by atoms with Crippen LogP contribution in [-0.2, 0) is 10.0 Å². The maximum Gasteiger partial charge on any atom is 0.240 e. The lowest BCUT2D eigenvalue weighted by Crippen LogP contribution is -2.38. The molecule has 1 aromatic rings. The molecule has 1 N–H and O–H groups in total. The average Bonchev–Trinajstić information content (AvgIpc) is 3.00. The van der Waals surface area contributed by atoms with E-state index in [1.807, 2.05) is 18.4 Å². The predicted octanol–water partition coefficient (Wildman–Crippen LogP) is 2.88. The van der Waals surface area contributed by atoms with E-state index in [1.165, 1.54) is 19.3 Å². The Balaban J connectivity index is 1.75. The highest BCUT2D eigenvalue weighted by molar-refractivity contribution is 7.98. The SMILES string of the molecule is CSc1ccc(S(=O)(=O)N[C@@H]2C[C@@H]3CC[C@@H]2C3)cc1. The summed E-state index contributed by atoms with van der Waals surface area (Å²) < 4.78 is 27.6. The van der Waals surface area contributed by atoms with Crippen LogP contribution in [0.2, 0.25) is 0 Å². The quantitative estimate of drug-likeness (QED) is 0.869. The lowest BCUT2D eigenvalue weighted by molar-refractivity contribution is 0.390. The summed E-state index contributed by atoms with van der Waals surface area (Å²) >= 11 is 1.62. The predicted molar refractivity (Wildman–Crippen MR) is 77.8 cm³/mol. The van der Waals surface area contributed by atoms with Crippen LogP contribution in [0, 0.1) is 11.8 Å². The van der Waals surface area contributed by atoms with Gasteiger partial charge in [-0.1, -0.05) is 6.42 Å². The zero-order chi connectivity index (χ0) is 13.5. The van der Waals surface area contributed by atoms with Crippen molar-refractivity contribution >= 4 is 21.8 Å². The molecule has 3 rings (SSSR count). The molecule has 104 valence electrons. The number of sulfonamides is 1. The maximum absolute atomic E-state index is 12.3. The number of thioether (sulfide) groups is 1. The molecule has 0 spiro atoms. The third kappa shape index (κ3) is 2.69. The van der Waals surface area contributed by atoms with Crippen LogP contribution in [0.5, 0.6) is 0 Å². The highest BCUT2D eigenvalue weighted by atomic mass is 32.2.